The van der Waals surface area contributed by atoms with E-state index in [-0.39, 0.29) is 10.7 Å². The van der Waals surface area contributed by atoms with Gasteiger partial charge in [0.05, 0.1) is 6.21 Å². The number of hydrogen-bond acceptors (Lipinski definition) is 2. The molecule has 0 aliphatic rings. The summed E-state index contributed by atoms with van der Waals surface area (Å²) in [6.07, 6.45) is 1.21. The molecular formula is C8H7F2N3S. The first kappa shape index (κ1) is 10.5. The van der Waals surface area contributed by atoms with Gasteiger partial charge in [0, 0.05) is 11.6 Å². The predicted molar refractivity (Wildman–Crippen MR) is 53.9 cm³/mol. The lowest BCUT2D eigenvalue weighted by molar-refractivity contribution is 0.583. The van der Waals surface area contributed by atoms with Crippen molar-refractivity contribution in [2.75, 3.05) is 0 Å². The molecule has 3 N–H and O–H groups in total. The zero-order valence-corrected chi connectivity index (χ0v) is 7.81. The van der Waals surface area contributed by atoms with Crippen LogP contribution in [0.3, 0.4) is 0 Å². The minimum atomic E-state index is -0.665. The fourth-order valence-corrected chi connectivity index (χ4v) is 0.873. The molecular weight excluding hydrogens is 208 g/mol. The fourth-order valence-electron chi connectivity index (χ4n) is 0.820. The Hall–Kier alpha value is -1.56. The van der Waals surface area contributed by atoms with E-state index in [2.05, 4.69) is 22.7 Å². The van der Waals surface area contributed by atoms with Crippen LogP contribution in [-0.4, -0.2) is 11.3 Å². The highest BCUT2D eigenvalue weighted by molar-refractivity contribution is 7.80. The molecule has 0 heterocycles. The summed E-state index contributed by atoms with van der Waals surface area (Å²) >= 11 is 4.47. The van der Waals surface area contributed by atoms with Gasteiger partial charge in [-0.05, 0) is 24.4 Å². The van der Waals surface area contributed by atoms with Crippen molar-refractivity contribution in [1.82, 2.24) is 5.43 Å². The molecule has 0 fully saturated rings. The molecule has 0 saturated carbocycles. The lowest BCUT2D eigenvalue weighted by Gasteiger charge is -1.96. The van der Waals surface area contributed by atoms with Crippen LogP contribution in [0.1, 0.15) is 5.56 Å². The molecule has 0 aliphatic carbocycles. The summed E-state index contributed by atoms with van der Waals surface area (Å²) < 4.78 is 25.3. The summed E-state index contributed by atoms with van der Waals surface area (Å²) in [5.41, 5.74) is 7.63. The second-order valence-electron chi connectivity index (χ2n) is 2.44. The van der Waals surface area contributed by atoms with E-state index in [0.29, 0.717) is 0 Å². The largest absolute Gasteiger partial charge is 0.375 e. The smallest absolute Gasteiger partial charge is 0.184 e. The minimum absolute atomic E-state index is 0.0156. The number of hydrogen-bond donors (Lipinski definition) is 2. The van der Waals surface area contributed by atoms with Gasteiger partial charge in [0.1, 0.15) is 11.6 Å². The molecule has 3 nitrogen and oxygen atoms in total. The van der Waals surface area contributed by atoms with Gasteiger partial charge in [-0.15, -0.1) is 0 Å². The van der Waals surface area contributed by atoms with Crippen molar-refractivity contribution in [2.24, 2.45) is 10.8 Å². The van der Waals surface area contributed by atoms with Crippen LogP contribution < -0.4 is 11.2 Å². The standard InChI is InChI=1S/C8H7F2N3S/c9-6-1-5(2-7(10)3-6)4-12-13-8(11)14/h1-4H,(H3,11,13,14)/b12-4+. The van der Waals surface area contributed by atoms with Crippen LogP contribution in [-0.2, 0) is 0 Å². The fraction of sp³-hybridized carbons (Fsp3) is 0. The maximum Gasteiger partial charge on any atom is 0.184 e. The third kappa shape index (κ3) is 3.44. The molecule has 0 amide bonds. The van der Waals surface area contributed by atoms with Gasteiger partial charge in [0.2, 0.25) is 0 Å². The van der Waals surface area contributed by atoms with E-state index in [0.717, 1.165) is 18.2 Å². The summed E-state index contributed by atoms with van der Waals surface area (Å²) in [6.45, 7) is 0. The predicted octanol–water partition coefficient (Wildman–Crippen LogP) is 1.13. The number of nitrogens with one attached hydrogen (secondary N) is 1. The molecule has 0 spiro atoms. The van der Waals surface area contributed by atoms with E-state index in [9.17, 15) is 8.78 Å². The van der Waals surface area contributed by atoms with Gasteiger partial charge in [-0.25, -0.2) is 8.78 Å². The molecule has 0 aromatic heterocycles. The normalized spacial score (nSPS) is 10.4. The number of halogens is 2. The van der Waals surface area contributed by atoms with Crippen molar-refractivity contribution < 1.29 is 8.78 Å². The first-order valence-corrected chi connectivity index (χ1v) is 4.03. The summed E-state index contributed by atoms with van der Waals surface area (Å²) in [7, 11) is 0. The molecule has 0 bridgehead atoms. The Morgan fingerprint density at radius 1 is 1.36 bits per heavy atom. The molecule has 0 aliphatic heterocycles. The highest BCUT2D eigenvalue weighted by Crippen LogP contribution is 2.05. The second-order valence-corrected chi connectivity index (χ2v) is 2.88. The Kier molecular flexibility index (Phi) is 3.47. The summed E-state index contributed by atoms with van der Waals surface area (Å²) in [5, 5.41) is 3.53. The van der Waals surface area contributed by atoms with Crippen molar-refractivity contribution in [3.05, 3.63) is 35.4 Å². The monoisotopic (exact) mass is 215 g/mol. The van der Waals surface area contributed by atoms with Gasteiger partial charge < -0.3 is 5.73 Å². The first-order valence-electron chi connectivity index (χ1n) is 3.62. The van der Waals surface area contributed by atoms with E-state index in [4.69, 9.17) is 5.73 Å². The molecule has 0 atom stereocenters. The van der Waals surface area contributed by atoms with Crippen molar-refractivity contribution in [3.8, 4) is 0 Å². The van der Waals surface area contributed by atoms with Crippen LogP contribution in [0, 0.1) is 11.6 Å². The highest BCUT2D eigenvalue weighted by atomic mass is 32.1. The van der Waals surface area contributed by atoms with Gasteiger partial charge in [0.15, 0.2) is 5.11 Å². The first-order chi connectivity index (χ1) is 6.58. The minimum Gasteiger partial charge on any atom is -0.375 e. The molecule has 1 aromatic rings. The van der Waals surface area contributed by atoms with Crippen molar-refractivity contribution in [2.45, 2.75) is 0 Å². The Bertz CT molecular complexity index is 359. The summed E-state index contributed by atoms with van der Waals surface area (Å²) in [5.74, 6) is -1.33. The number of thiocarbonyl (C=S) groups is 1. The lowest BCUT2D eigenvalue weighted by atomic mass is 10.2. The van der Waals surface area contributed by atoms with Crippen LogP contribution in [0.25, 0.3) is 0 Å². The summed E-state index contributed by atoms with van der Waals surface area (Å²) in [4.78, 5) is 0. The SMILES string of the molecule is NC(=S)N/N=C/c1cc(F)cc(F)c1. The number of rotatable bonds is 2. The van der Waals surface area contributed by atoms with Crippen molar-refractivity contribution >= 4 is 23.5 Å². The van der Waals surface area contributed by atoms with Crippen LogP contribution in [0.2, 0.25) is 0 Å². The quantitative estimate of drug-likeness (QED) is 0.442. The van der Waals surface area contributed by atoms with Crippen molar-refractivity contribution in [3.63, 3.8) is 0 Å². The van der Waals surface area contributed by atoms with E-state index in [1.165, 1.54) is 6.21 Å². The molecule has 0 unspecified atom stereocenters. The van der Waals surface area contributed by atoms with E-state index < -0.39 is 11.6 Å². The number of benzene rings is 1. The van der Waals surface area contributed by atoms with Gasteiger partial charge in [0.25, 0.3) is 0 Å². The molecule has 0 saturated heterocycles. The average molecular weight is 215 g/mol. The van der Waals surface area contributed by atoms with Gasteiger partial charge >= 0.3 is 0 Å². The van der Waals surface area contributed by atoms with Gasteiger partial charge in [-0.2, -0.15) is 5.10 Å². The Morgan fingerprint density at radius 3 is 2.43 bits per heavy atom. The number of hydrazone groups is 1. The average Bonchev–Trinajstić information content (AvgIpc) is 2.01. The molecule has 0 radical (unpaired) electrons. The van der Waals surface area contributed by atoms with Crippen LogP contribution >= 0.6 is 12.2 Å². The van der Waals surface area contributed by atoms with Crippen LogP contribution in [0.5, 0.6) is 0 Å². The van der Waals surface area contributed by atoms with Crippen LogP contribution in [0.4, 0.5) is 8.78 Å². The Labute approximate surface area is 84.6 Å². The third-order valence-electron chi connectivity index (χ3n) is 1.27. The van der Waals surface area contributed by atoms with E-state index in [1.54, 1.807) is 0 Å². The maximum absolute atomic E-state index is 12.6. The molecule has 1 rings (SSSR count). The van der Waals surface area contributed by atoms with E-state index >= 15 is 0 Å². The number of nitrogens with two attached hydrogens (primary N) is 1. The highest BCUT2D eigenvalue weighted by Gasteiger charge is 1.97. The maximum atomic E-state index is 12.6. The zero-order chi connectivity index (χ0) is 10.6. The molecule has 14 heavy (non-hydrogen) atoms. The van der Waals surface area contributed by atoms with Gasteiger partial charge in [-0.1, -0.05) is 0 Å². The molecule has 6 heteroatoms. The second kappa shape index (κ2) is 4.61. The van der Waals surface area contributed by atoms with Crippen molar-refractivity contribution in [1.29, 1.82) is 0 Å². The molecule has 1 aromatic carbocycles. The van der Waals surface area contributed by atoms with E-state index in [1.807, 2.05) is 0 Å². The number of nitrogens with zero attached hydrogens (tertiary/aromatic N) is 1. The van der Waals surface area contributed by atoms with Crippen LogP contribution in [0.15, 0.2) is 23.3 Å². The van der Waals surface area contributed by atoms with Gasteiger partial charge in [-0.3, -0.25) is 5.43 Å². The lowest BCUT2D eigenvalue weighted by Crippen LogP contribution is -2.24. The topological polar surface area (TPSA) is 50.4 Å². The zero-order valence-electron chi connectivity index (χ0n) is 7.00. The molecule has 74 valence electrons. The third-order valence-corrected chi connectivity index (χ3v) is 1.36. The Balaban J connectivity index is 2.76. The Morgan fingerprint density at radius 2 is 1.93 bits per heavy atom. The summed E-state index contributed by atoms with van der Waals surface area (Å²) in [6, 6.07) is 3.04.